The minimum atomic E-state index is -0.739. The fraction of sp³-hybridized carbons (Fsp3) is 0.500. The van der Waals surface area contributed by atoms with Crippen LogP contribution < -0.4 is 0 Å². The molecule has 0 saturated heterocycles. The number of nitro benzene ring substituents is 1. The number of hydrogen-bond acceptors (Lipinski definition) is 6. The average Bonchev–Trinajstić information content (AvgIpc) is 2.50. The first-order valence-corrected chi connectivity index (χ1v) is 8.70. The lowest BCUT2D eigenvalue weighted by Crippen LogP contribution is -2.41. The molecule has 28 heavy (non-hydrogen) atoms. The number of benzene rings is 1. The van der Waals surface area contributed by atoms with Gasteiger partial charge in [0.1, 0.15) is 17.7 Å². The van der Waals surface area contributed by atoms with Crippen LogP contribution in [0.15, 0.2) is 24.3 Å². The van der Waals surface area contributed by atoms with Crippen LogP contribution >= 0.6 is 0 Å². The number of nitro groups is 1. The van der Waals surface area contributed by atoms with Gasteiger partial charge in [-0.15, -0.1) is 0 Å². The molecule has 8 heteroatoms. The zero-order chi connectivity index (χ0) is 21.5. The Hall–Kier alpha value is -3.08. The Bertz CT molecular complexity index is 793. The van der Waals surface area contributed by atoms with Gasteiger partial charge in [0.15, 0.2) is 0 Å². The Morgan fingerprint density at radius 3 is 2.25 bits per heavy atom. The summed E-state index contributed by atoms with van der Waals surface area (Å²) in [5.74, 6) is 4.91. The number of ether oxygens (including phenoxy) is 2. The van der Waals surface area contributed by atoms with Gasteiger partial charge in [-0.3, -0.25) is 19.8 Å². The molecule has 0 aliphatic heterocycles. The summed E-state index contributed by atoms with van der Waals surface area (Å²) < 4.78 is 10.5. The predicted octanol–water partition coefficient (Wildman–Crippen LogP) is 3.53. The molecule has 1 amide bonds. The summed E-state index contributed by atoms with van der Waals surface area (Å²) in [6.07, 6.45) is -0.702. The number of amides is 1. The Morgan fingerprint density at radius 1 is 1.11 bits per heavy atom. The first kappa shape index (κ1) is 23.0. The first-order chi connectivity index (χ1) is 12.8. The Morgan fingerprint density at radius 2 is 1.71 bits per heavy atom. The van der Waals surface area contributed by atoms with E-state index in [0.717, 1.165) is 4.90 Å². The van der Waals surface area contributed by atoms with E-state index in [2.05, 4.69) is 11.8 Å². The van der Waals surface area contributed by atoms with Crippen LogP contribution in [0.3, 0.4) is 0 Å². The van der Waals surface area contributed by atoms with Crippen LogP contribution in [0.25, 0.3) is 0 Å². The molecule has 0 aromatic heterocycles. The lowest BCUT2D eigenvalue weighted by molar-refractivity contribution is -0.384. The molecular weight excluding hydrogens is 364 g/mol. The lowest BCUT2D eigenvalue weighted by atomic mass is 10.2. The summed E-state index contributed by atoms with van der Waals surface area (Å²) in [6.45, 7) is 9.90. The fourth-order valence-corrected chi connectivity index (χ4v) is 1.98. The zero-order valence-electron chi connectivity index (χ0n) is 17.1. The van der Waals surface area contributed by atoms with Gasteiger partial charge in [0.25, 0.3) is 5.69 Å². The average molecular weight is 390 g/mol. The topological polar surface area (TPSA) is 99.0 Å². The molecule has 0 aliphatic rings. The Labute approximate surface area is 165 Å². The van der Waals surface area contributed by atoms with E-state index in [0.29, 0.717) is 5.56 Å². The van der Waals surface area contributed by atoms with Crippen molar-refractivity contribution in [3.63, 3.8) is 0 Å². The van der Waals surface area contributed by atoms with E-state index < -0.39 is 28.2 Å². The van der Waals surface area contributed by atoms with Gasteiger partial charge >= 0.3 is 12.1 Å². The molecular formula is C20H26N2O6. The molecule has 0 fully saturated rings. The molecule has 1 aromatic rings. The van der Waals surface area contributed by atoms with Crippen molar-refractivity contribution in [3.8, 4) is 11.8 Å². The molecule has 0 radical (unpaired) electrons. The third kappa shape index (κ3) is 9.03. The quantitative estimate of drug-likeness (QED) is 0.338. The SMILES string of the molecule is CC(C)(C)OC(=O)CN(CC#Cc1cccc([N+](=O)[O-])c1)C(=O)OC(C)(C)C. The molecule has 1 aromatic carbocycles. The highest BCUT2D eigenvalue weighted by molar-refractivity contribution is 5.78. The molecule has 0 saturated carbocycles. The monoisotopic (exact) mass is 390 g/mol. The Balaban J connectivity index is 2.94. The van der Waals surface area contributed by atoms with E-state index in [1.54, 1.807) is 47.6 Å². The summed E-state index contributed by atoms with van der Waals surface area (Å²) in [7, 11) is 0. The van der Waals surface area contributed by atoms with E-state index in [-0.39, 0.29) is 18.8 Å². The molecule has 152 valence electrons. The summed E-state index contributed by atoms with van der Waals surface area (Å²) in [5, 5.41) is 10.8. The van der Waals surface area contributed by atoms with Crippen LogP contribution in [0.2, 0.25) is 0 Å². The molecule has 0 bridgehead atoms. The zero-order valence-corrected chi connectivity index (χ0v) is 17.1. The van der Waals surface area contributed by atoms with Crippen molar-refractivity contribution < 1.29 is 24.0 Å². The fourth-order valence-electron chi connectivity index (χ4n) is 1.98. The lowest BCUT2D eigenvalue weighted by Gasteiger charge is -2.27. The molecule has 0 unspecified atom stereocenters. The van der Waals surface area contributed by atoms with Crippen LogP contribution in [0.5, 0.6) is 0 Å². The van der Waals surface area contributed by atoms with E-state index in [1.807, 2.05) is 0 Å². The third-order valence-electron chi connectivity index (χ3n) is 2.95. The van der Waals surface area contributed by atoms with E-state index in [1.165, 1.54) is 18.2 Å². The summed E-state index contributed by atoms with van der Waals surface area (Å²) in [5.41, 5.74) is -1.08. The molecule has 8 nitrogen and oxygen atoms in total. The third-order valence-corrected chi connectivity index (χ3v) is 2.95. The van der Waals surface area contributed by atoms with Gasteiger partial charge in [-0.1, -0.05) is 17.9 Å². The van der Waals surface area contributed by atoms with Gasteiger partial charge < -0.3 is 9.47 Å². The number of nitrogens with zero attached hydrogens (tertiary/aromatic N) is 2. The van der Waals surface area contributed by atoms with Crippen LogP contribution in [0, 0.1) is 22.0 Å². The highest BCUT2D eigenvalue weighted by Gasteiger charge is 2.25. The minimum absolute atomic E-state index is 0.0791. The highest BCUT2D eigenvalue weighted by atomic mass is 16.6. The number of esters is 1. The molecule has 0 aliphatic carbocycles. The molecule has 1 rings (SSSR count). The van der Waals surface area contributed by atoms with Gasteiger partial charge in [0.2, 0.25) is 0 Å². The second kappa shape index (κ2) is 9.22. The van der Waals surface area contributed by atoms with Crippen molar-refractivity contribution >= 4 is 17.7 Å². The Kier molecular flexibility index (Phi) is 7.56. The van der Waals surface area contributed by atoms with Crippen molar-refractivity contribution in [3.05, 3.63) is 39.9 Å². The molecule has 0 atom stereocenters. The van der Waals surface area contributed by atoms with Crippen LogP contribution in [-0.2, 0) is 14.3 Å². The van der Waals surface area contributed by atoms with Gasteiger partial charge in [-0.05, 0) is 47.6 Å². The van der Waals surface area contributed by atoms with Crippen molar-refractivity contribution in [2.24, 2.45) is 0 Å². The van der Waals surface area contributed by atoms with Crippen LogP contribution in [0.1, 0.15) is 47.1 Å². The molecule has 0 heterocycles. The van der Waals surface area contributed by atoms with Crippen molar-refractivity contribution in [2.45, 2.75) is 52.7 Å². The molecule has 0 N–H and O–H groups in total. The summed E-state index contributed by atoms with van der Waals surface area (Å²) in [6, 6.07) is 5.83. The van der Waals surface area contributed by atoms with Crippen LogP contribution in [0.4, 0.5) is 10.5 Å². The summed E-state index contributed by atoms with van der Waals surface area (Å²) in [4.78, 5) is 35.9. The van der Waals surface area contributed by atoms with E-state index in [9.17, 15) is 19.7 Å². The number of carbonyl (C=O) groups is 2. The first-order valence-electron chi connectivity index (χ1n) is 8.70. The van der Waals surface area contributed by atoms with Gasteiger partial charge in [-0.2, -0.15) is 0 Å². The number of rotatable bonds is 4. The van der Waals surface area contributed by atoms with Gasteiger partial charge in [0.05, 0.1) is 11.5 Å². The smallest absolute Gasteiger partial charge is 0.411 e. The van der Waals surface area contributed by atoms with Crippen LogP contribution in [-0.4, -0.2) is 46.2 Å². The van der Waals surface area contributed by atoms with Crippen molar-refractivity contribution in [1.82, 2.24) is 4.90 Å². The van der Waals surface area contributed by atoms with Gasteiger partial charge in [0, 0.05) is 17.7 Å². The largest absolute Gasteiger partial charge is 0.459 e. The molecule has 0 spiro atoms. The maximum absolute atomic E-state index is 12.4. The second-order valence-electron chi connectivity index (χ2n) is 8.03. The summed E-state index contributed by atoms with van der Waals surface area (Å²) >= 11 is 0. The van der Waals surface area contributed by atoms with E-state index in [4.69, 9.17) is 9.47 Å². The van der Waals surface area contributed by atoms with Gasteiger partial charge in [-0.25, -0.2) is 4.79 Å². The number of non-ortho nitro benzene ring substituents is 1. The minimum Gasteiger partial charge on any atom is -0.459 e. The normalized spacial score (nSPS) is 11.1. The predicted molar refractivity (Wildman–Crippen MR) is 104 cm³/mol. The number of hydrogen-bond donors (Lipinski definition) is 0. The second-order valence-corrected chi connectivity index (χ2v) is 8.03. The number of carbonyl (C=O) groups excluding carboxylic acids is 2. The van der Waals surface area contributed by atoms with Crippen molar-refractivity contribution in [2.75, 3.05) is 13.1 Å². The maximum atomic E-state index is 12.4. The van der Waals surface area contributed by atoms with Crippen molar-refractivity contribution in [1.29, 1.82) is 0 Å². The highest BCUT2D eigenvalue weighted by Crippen LogP contribution is 2.13. The standard InChI is InChI=1S/C20H26N2O6/c1-19(2,3)27-17(23)14-21(18(24)28-20(4,5)6)12-8-10-15-9-7-11-16(13-15)22(25)26/h7,9,11,13H,12,14H2,1-6H3. The maximum Gasteiger partial charge on any atom is 0.411 e. The van der Waals surface area contributed by atoms with E-state index >= 15 is 0 Å².